The van der Waals surface area contributed by atoms with Crippen LogP contribution in [0.4, 0.5) is 13.2 Å². The molecule has 1 aromatic carbocycles. The van der Waals surface area contributed by atoms with Crippen LogP contribution in [0.3, 0.4) is 0 Å². The Morgan fingerprint density at radius 1 is 1.00 bits per heavy atom. The van der Waals surface area contributed by atoms with E-state index >= 15 is 0 Å². The Hall–Kier alpha value is -1.62. The maximum atomic E-state index is 13.7. The molecule has 21 heavy (non-hydrogen) atoms. The van der Waals surface area contributed by atoms with Crippen molar-refractivity contribution in [3.8, 4) is 0 Å². The third kappa shape index (κ3) is 2.62. The summed E-state index contributed by atoms with van der Waals surface area (Å²) in [6, 6.07) is 3.56. The second kappa shape index (κ2) is 5.64. The van der Waals surface area contributed by atoms with Gasteiger partial charge in [0.1, 0.15) is 0 Å². The van der Waals surface area contributed by atoms with E-state index in [1.807, 2.05) is 0 Å². The monoisotopic (exact) mass is 310 g/mol. The fourth-order valence-corrected chi connectivity index (χ4v) is 3.82. The highest BCUT2D eigenvalue weighted by Crippen LogP contribution is 2.31. The van der Waals surface area contributed by atoms with E-state index in [1.165, 1.54) is 17.8 Å². The first-order valence-electron chi connectivity index (χ1n) is 6.87. The summed E-state index contributed by atoms with van der Waals surface area (Å²) in [5.74, 6) is -4.88. The van der Waals surface area contributed by atoms with Gasteiger partial charge in [-0.1, -0.05) is 6.42 Å². The first-order valence-corrected chi connectivity index (χ1v) is 7.69. The van der Waals surface area contributed by atoms with Gasteiger partial charge in [0.25, 0.3) is 0 Å². The van der Waals surface area contributed by atoms with Crippen LogP contribution in [0.2, 0.25) is 0 Å². The Kier molecular flexibility index (Phi) is 3.85. The number of carbonyl (C=O) groups excluding carboxylic acids is 1. The molecule has 1 nitrogen and oxygen atoms in total. The normalized spacial score (nSPS) is 14.6. The summed E-state index contributed by atoms with van der Waals surface area (Å²) in [4.78, 5) is 13.9. The van der Waals surface area contributed by atoms with Gasteiger partial charge in [-0.05, 0) is 49.4 Å². The molecule has 3 rings (SSSR count). The summed E-state index contributed by atoms with van der Waals surface area (Å²) in [6.45, 7) is 0. The third-order valence-corrected chi connectivity index (χ3v) is 4.99. The van der Waals surface area contributed by atoms with Gasteiger partial charge in [-0.2, -0.15) is 0 Å². The van der Waals surface area contributed by atoms with Crippen molar-refractivity contribution in [2.24, 2.45) is 0 Å². The number of aryl methyl sites for hydroxylation is 2. The van der Waals surface area contributed by atoms with E-state index in [9.17, 15) is 18.0 Å². The molecule has 0 spiro atoms. The van der Waals surface area contributed by atoms with Crippen LogP contribution in [0.5, 0.6) is 0 Å². The van der Waals surface area contributed by atoms with Crippen molar-refractivity contribution in [1.29, 1.82) is 0 Å². The van der Waals surface area contributed by atoms with E-state index in [2.05, 4.69) is 0 Å². The minimum atomic E-state index is -1.60. The van der Waals surface area contributed by atoms with Crippen LogP contribution in [0.15, 0.2) is 18.2 Å². The molecule has 1 aliphatic carbocycles. The molecule has 0 unspecified atom stereocenters. The van der Waals surface area contributed by atoms with Crippen LogP contribution in [-0.4, -0.2) is 5.78 Å². The van der Waals surface area contributed by atoms with Gasteiger partial charge in [0.15, 0.2) is 17.5 Å². The van der Waals surface area contributed by atoms with E-state index < -0.39 is 28.8 Å². The third-order valence-electron chi connectivity index (χ3n) is 3.75. The van der Waals surface area contributed by atoms with E-state index in [4.69, 9.17) is 0 Å². The number of benzene rings is 1. The average Bonchev–Trinajstić information content (AvgIpc) is 2.75. The van der Waals surface area contributed by atoms with E-state index in [-0.39, 0.29) is 0 Å². The summed E-state index contributed by atoms with van der Waals surface area (Å²) in [5, 5.41) is 0. The lowest BCUT2D eigenvalue weighted by atomic mass is 10.1. The van der Waals surface area contributed by atoms with Crippen molar-refractivity contribution in [3.05, 3.63) is 56.5 Å². The molecule has 0 saturated carbocycles. The van der Waals surface area contributed by atoms with Gasteiger partial charge in [0.2, 0.25) is 5.78 Å². The second-order valence-electron chi connectivity index (χ2n) is 5.17. The molecule has 0 fully saturated rings. The predicted molar refractivity (Wildman–Crippen MR) is 75.3 cm³/mol. The van der Waals surface area contributed by atoms with Crippen LogP contribution in [0, 0.1) is 17.5 Å². The number of hydrogen-bond acceptors (Lipinski definition) is 2. The molecule has 110 valence electrons. The van der Waals surface area contributed by atoms with Crippen molar-refractivity contribution in [2.75, 3.05) is 0 Å². The summed E-state index contributed by atoms with van der Waals surface area (Å²) >= 11 is 1.34. The molecule has 0 amide bonds. The van der Waals surface area contributed by atoms with E-state index in [0.717, 1.165) is 48.3 Å². The molecule has 0 radical (unpaired) electrons. The molecule has 0 aliphatic heterocycles. The van der Waals surface area contributed by atoms with Crippen LogP contribution >= 0.6 is 11.3 Å². The molecule has 1 heterocycles. The van der Waals surface area contributed by atoms with E-state index in [0.29, 0.717) is 4.88 Å². The second-order valence-corrected chi connectivity index (χ2v) is 6.31. The molecular formula is C16H13F3OS. The highest BCUT2D eigenvalue weighted by atomic mass is 32.1. The number of ketones is 1. The van der Waals surface area contributed by atoms with Gasteiger partial charge in [-0.25, -0.2) is 13.2 Å². The van der Waals surface area contributed by atoms with E-state index in [1.54, 1.807) is 6.07 Å². The van der Waals surface area contributed by atoms with Crippen molar-refractivity contribution in [1.82, 2.24) is 0 Å². The average molecular weight is 310 g/mol. The zero-order valence-electron chi connectivity index (χ0n) is 11.2. The number of fused-ring (bicyclic) bond motifs is 1. The Morgan fingerprint density at radius 2 is 1.76 bits per heavy atom. The fraction of sp³-hybridized carbons (Fsp3) is 0.312. The van der Waals surface area contributed by atoms with Gasteiger partial charge >= 0.3 is 0 Å². The van der Waals surface area contributed by atoms with Crippen molar-refractivity contribution in [2.45, 2.75) is 32.1 Å². The molecule has 1 aliphatic rings. The summed E-state index contributed by atoms with van der Waals surface area (Å²) in [7, 11) is 0. The van der Waals surface area contributed by atoms with Crippen LogP contribution in [-0.2, 0) is 12.8 Å². The molecule has 0 saturated heterocycles. The van der Waals surface area contributed by atoms with Crippen LogP contribution < -0.4 is 0 Å². The maximum absolute atomic E-state index is 13.7. The number of hydrogen-bond donors (Lipinski definition) is 0. The highest BCUT2D eigenvalue weighted by Gasteiger charge is 2.23. The first-order chi connectivity index (χ1) is 10.1. The zero-order chi connectivity index (χ0) is 15.0. The van der Waals surface area contributed by atoms with Crippen molar-refractivity contribution < 1.29 is 18.0 Å². The zero-order valence-corrected chi connectivity index (χ0v) is 12.0. The minimum absolute atomic E-state index is 0.395. The SMILES string of the molecule is O=C(c1cc2c(s1)CCCCC2)c1ccc(F)c(F)c1F. The Bertz CT molecular complexity index is 682. The largest absolute Gasteiger partial charge is 0.288 e. The van der Waals surface area contributed by atoms with Gasteiger partial charge < -0.3 is 0 Å². The minimum Gasteiger partial charge on any atom is -0.288 e. The predicted octanol–water partition coefficient (Wildman–Crippen LogP) is 4.67. The standard InChI is InChI=1S/C16H13F3OS/c17-11-7-6-10(14(18)15(11)19)16(20)13-8-9-4-2-1-3-5-12(9)21-13/h6-8H,1-5H2. The van der Waals surface area contributed by atoms with Gasteiger partial charge in [-0.3, -0.25) is 4.79 Å². The molecule has 5 heteroatoms. The van der Waals surface area contributed by atoms with Crippen LogP contribution in [0.1, 0.15) is 44.9 Å². The number of carbonyl (C=O) groups is 1. The lowest BCUT2D eigenvalue weighted by Gasteiger charge is -2.02. The molecule has 2 aromatic rings. The maximum Gasteiger partial charge on any atom is 0.206 e. The van der Waals surface area contributed by atoms with Crippen molar-refractivity contribution in [3.63, 3.8) is 0 Å². The summed E-state index contributed by atoms with van der Waals surface area (Å²) in [6.07, 6.45) is 5.17. The lowest BCUT2D eigenvalue weighted by Crippen LogP contribution is -2.05. The number of halogens is 3. The number of rotatable bonds is 2. The summed E-state index contributed by atoms with van der Waals surface area (Å²) in [5.41, 5.74) is 0.717. The molecule has 0 atom stereocenters. The molecule has 0 N–H and O–H groups in total. The molecular weight excluding hydrogens is 297 g/mol. The Balaban J connectivity index is 1.98. The van der Waals surface area contributed by atoms with Crippen molar-refractivity contribution >= 4 is 17.1 Å². The van der Waals surface area contributed by atoms with Gasteiger partial charge in [0, 0.05) is 4.88 Å². The topological polar surface area (TPSA) is 17.1 Å². The molecule has 0 bridgehead atoms. The number of thiophene rings is 1. The Labute approximate surface area is 124 Å². The highest BCUT2D eigenvalue weighted by molar-refractivity contribution is 7.14. The first kappa shape index (κ1) is 14.3. The quantitative estimate of drug-likeness (QED) is 0.448. The van der Waals surface area contributed by atoms with Gasteiger partial charge in [0.05, 0.1) is 10.4 Å². The Morgan fingerprint density at radius 3 is 2.57 bits per heavy atom. The lowest BCUT2D eigenvalue weighted by molar-refractivity contribution is 0.103. The smallest absolute Gasteiger partial charge is 0.206 e. The van der Waals surface area contributed by atoms with Gasteiger partial charge in [-0.15, -0.1) is 11.3 Å². The fourth-order valence-electron chi connectivity index (χ4n) is 2.61. The summed E-state index contributed by atoms with van der Waals surface area (Å²) < 4.78 is 39.9. The van der Waals surface area contributed by atoms with Crippen LogP contribution in [0.25, 0.3) is 0 Å². The molecule has 1 aromatic heterocycles.